The van der Waals surface area contributed by atoms with Crippen LogP contribution in [0.25, 0.3) is 0 Å². The molecule has 1 aromatic carbocycles. The van der Waals surface area contributed by atoms with Gasteiger partial charge in [0, 0.05) is 17.6 Å². The summed E-state index contributed by atoms with van der Waals surface area (Å²) in [5.74, 6) is -0.857. The number of halogens is 2. The first-order valence-corrected chi connectivity index (χ1v) is 8.42. The van der Waals surface area contributed by atoms with E-state index in [1.54, 1.807) is 0 Å². The van der Waals surface area contributed by atoms with Crippen molar-refractivity contribution in [2.24, 2.45) is 5.73 Å². The monoisotopic (exact) mass is 351 g/mol. The summed E-state index contributed by atoms with van der Waals surface area (Å²) in [6, 6.07) is 2.03. The summed E-state index contributed by atoms with van der Waals surface area (Å²) < 4.78 is 40.0. The maximum atomic E-state index is 13.6. The van der Waals surface area contributed by atoms with E-state index in [0.29, 0.717) is 5.69 Å². The van der Waals surface area contributed by atoms with Gasteiger partial charge in [-0.1, -0.05) is 22.9 Å². The highest BCUT2D eigenvalue weighted by atomic mass is 35.5. The predicted octanol–water partition coefficient (Wildman–Crippen LogP) is 1.17. The molecule has 0 bridgehead atoms. The largest absolute Gasteiger partial charge is 0.326 e. The van der Waals surface area contributed by atoms with Crippen LogP contribution in [0.5, 0.6) is 0 Å². The van der Waals surface area contributed by atoms with Crippen molar-refractivity contribution in [3.8, 4) is 0 Å². The lowest BCUT2D eigenvalue weighted by atomic mass is 10.2. The topological polar surface area (TPSA) is 105 Å². The zero-order chi connectivity index (χ0) is 15.6. The molecule has 0 saturated heterocycles. The van der Waals surface area contributed by atoms with E-state index in [0.717, 1.165) is 17.4 Å². The van der Waals surface area contributed by atoms with Gasteiger partial charge in [0.05, 0.1) is 16.5 Å². The first-order chi connectivity index (χ1) is 9.83. The van der Waals surface area contributed by atoms with E-state index in [1.165, 1.54) is 11.4 Å². The predicted molar refractivity (Wildman–Crippen MR) is 78.3 cm³/mol. The third kappa shape index (κ3) is 3.69. The second kappa shape index (κ2) is 6.24. The average Bonchev–Trinajstić information content (AvgIpc) is 2.85. The molecule has 1 heterocycles. The molecule has 0 saturated carbocycles. The lowest BCUT2D eigenvalue weighted by molar-refractivity contribution is 0.576. The summed E-state index contributed by atoms with van der Waals surface area (Å²) in [5, 5.41) is 1.30. The summed E-state index contributed by atoms with van der Waals surface area (Å²) in [7, 11) is -3.94. The van der Waals surface area contributed by atoms with Crippen molar-refractivity contribution >= 4 is 33.0 Å². The Kier molecular flexibility index (Phi) is 4.79. The van der Waals surface area contributed by atoms with Crippen LogP contribution in [-0.2, 0) is 23.1 Å². The molecule has 0 unspecified atom stereocenters. The molecule has 0 fully saturated rings. The number of nitrogens with one attached hydrogen (secondary N) is 2. The molecule has 0 amide bonds. The molecule has 0 spiro atoms. The van der Waals surface area contributed by atoms with E-state index in [2.05, 4.69) is 9.71 Å². The highest BCUT2D eigenvalue weighted by molar-refractivity contribution is 7.89. The summed E-state index contributed by atoms with van der Waals surface area (Å²) >= 11 is 6.60. The van der Waals surface area contributed by atoms with Gasteiger partial charge in [-0.15, -0.1) is 0 Å². The molecule has 10 heteroatoms. The third-order valence-electron chi connectivity index (χ3n) is 2.63. The Hall–Kier alpha value is -1.26. The van der Waals surface area contributed by atoms with Crippen molar-refractivity contribution in [1.29, 1.82) is 0 Å². The van der Waals surface area contributed by atoms with Crippen LogP contribution in [0.2, 0.25) is 5.02 Å². The highest BCUT2D eigenvalue weighted by Gasteiger charge is 2.18. The Morgan fingerprint density at radius 2 is 2.14 bits per heavy atom. The summed E-state index contributed by atoms with van der Waals surface area (Å²) in [6.45, 7) is -0.194. The quantitative estimate of drug-likeness (QED) is 0.751. The highest BCUT2D eigenvalue weighted by Crippen LogP contribution is 2.24. The number of benzene rings is 1. The van der Waals surface area contributed by atoms with Gasteiger partial charge in [0.15, 0.2) is 0 Å². The lowest BCUT2D eigenvalue weighted by Gasteiger charge is -2.09. The standard InChI is InChI=1S/C11H11ClFN3O3S2/c12-10-6(3-14)1-8(2-9(10)13)21(18,19)15-4-7-5-20-11(17)16-7/h1-2,5,15H,3-4,14H2,(H,16,17). The number of rotatable bonds is 5. The second-order valence-corrected chi connectivity index (χ2v) is 7.07. The number of hydrogen-bond donors (Lipinski definition) is 3. The molecule has 0 aliphatic rings. The molecular weight excluding hydrogens is 341 g/mol. The third-order valence-corrected chi connectivity index (χ3v) is 5.15. The number of nitrogens with two attached hydrogens (primary N) is 1. The molecule has 0 radical (unpaired) electrons. The van der Waals surface area contributed by atoms with Gasteiger partial charge >= 0.3 is 4.87 Å². The van der Waals surface area contributed by atoms with Crippen LogP contribution in [0.15, 0.2) is 27.2 Å². The van der Waals surface area contributed by atoms with E-state index in [-0.39, 0.29) is 33.4 Å². The lowest BCUT2D eigenvalue weighted by Crippen LogP contribution is -2.24. The normalized spacial score (nSPS) is 11.8. The SMILES string of the molecule is NCc1cc(S(=O)(=O)NCc2csc(=O)[nH]2)cc(F)c1Cl. The molecule has 0 aliphatic carbocycles. The van der Waals surface area contributed by atoms with Gasteiger partial charge in [0.25, 0.3) is 0 Å². The van der Waals surface area contributed by atoms with Gasteiger partial charge in [0.1, 0.15) is 5.82 Å². The first kappa shape index (κ1) is 16.1. The zero-order valence-electron chi connectivity index (χ0n) is 10.5. The van der Waals surface area contributed by atoms with Crippen LogP contribution in [0, 0.1) is 5.82 Å². The molecule has 0 aliphatic heterocycles. The van der Waals surface area contributed by atoms with Gasteiger partial charge in [0.2, 0.25) is 10.0 Å². The number of sulfonamides is 1. The molecular formula is C11H11ClFN3O3S2. The molecule has 6 nitrogen and oxygen atoms in total. The number of H-pyrrole nitrogens is 1. The van der Waals surface area contributed by atoms with Crippen LogP contribution in [0.4, 0.5) is 4.39 Å². The summed E-state index contributed by atoms with van der Waals surface area (Å²) in [6.07, 6.45) is 0. The van der Waals surface area contributed by atoms with Crippen LogP contribution in [0.3, 0.4) is 0 Å². The van der Waals surface area contributed by atoms with Gasteiger partial charge in [-0.05, 0) is 17.7 Å². The maximum absolute atomic E-state index is 13.6. The number of hydrogen-bond acceptors (Lipinski definition) is 5. The fourth-order valence-corrected chi connectivity index (χ4v) is 3.41. The average molecular weight is 352 g/mol. The smallest absolute Gasteiger partial charge is 0.304 e. The van der Waals surface area contributed by atoms with Gasteiger partial charge in [-0.25, -0.2) is 17.5 Å². The Balaban J connectivity index is 2.27. The molecule has 2 rings (SSSR count). The molecule has 2 aromatic rings. The molecule has 114 valence electrons. The molecule has 4 N–H and O–H groups in total. The number of aromatic nitrogens is 1. The van der Waals surface area contributed by atoms with Crippen LogP contribution < -0.4 is 15.3 Å². The fraction of sp³-hybridized carbons (Fsp3) is 0.182. The Labute approximate surface area is 128 Å². The van der Waals surface area contributed by atoms with Crippen LogP contribution in [0.1, 0.15) is 11.3 Å². The Morgan fingerprint density at radius 3 is 2.71 bits per heavy atom. The van der Waals surface area contributed by atoms with Crippen molar-refractivity contribution in [2.75, 3.05) is 0 Å². The Bertz CT molecular complexity index is 816. The minimum Gasteiger partial charge on any atom is -0.326 e. The molecule has 1 aromatic heterocycles. The minimum atomic E-state index is -3.94. The number of thiazole rings is 1. The van der Waals surface area contributed by atoms with E-state index < -0.39 is 15.8 Å². The van der Waals surface area contributed by atoms with Crippen molar-refractivity contribution in [2.45, 2.75) is 18.0 Å². The maximum Gasteiger partial charge on any atom is 0.304 e. The summed E-state index contributed by atoms with van der Waals surface area (Å²) in [5.41, 5.74) is 6.01. The first-order valence-electron chi connectivity index (χ1n) is 5.68. The van der Waals surface area contributed by atoms with E-state index in [9.17, 15) is 17.6 Å². The van der Waals surface area contributed by atoms with Gasteiger partial charge < -0.3 is 10.7 Å². The van der Waals surface area contributed by atoms with Gasteiger partial charge in [-0.2, -0.15) is 0 Å². The van der Waals surface area contributed by atoms with E-state index in [4.69, 9.17) is 17.3 Å². The van der Waals surface area contributed by atoms with Crippen LogP contribution in [-0.4, -0.2) is 13.4 Å². The summed E-state index contributed by atoms with van der Waals surface area (Å²) in [4.78, 5) is 12.9. The van der Waals surface area contributed by atoms with Crippen molar-refractivity contribution in [3.05, 3.63) is 49.3 Å². The van der Waals surface area contributed by atoms with E-state index >= 15 is 0 Å². The fourth-order valence-electron chi connectivity index (χ4n) is 1.58. The zero-order valence-corrected chi connectivity index (χ0v) is 12.9. The second-order valence-electron chi connectivity index (χ2n) is 4.08. The van der Waals surface area contributed by atoms with Gasteiger partial charge in [-0.3, -0.25) is 4.79 Å². The van der Waals surface area contributed by atoms with Crippen molar-refractivity contribution in [1.82, 2.24) is 9.71 Å². The van der Waals surface area contributed by atoms with Crippen LogP contribution >= 0.6 is 22.9 Å². The number of aromatic amines is 1. The minimum absolute atomic E-state index is 0.0863. The molecule has 21 heavy (non-hydrogen) atoms. The van der Waals surface area contributed by atoms with Crippen molar-refractivity contribution < 1.29 is 12.8 Å². The van der Waals surface area contributed by atoms with Crippen molar-refractivity contribution in [3.63, 3.8) is 0 Å². The van der Waals surface area contributed by atoms with E-state index in [1.807, 2.05) is 0 Å². The molecule has 0 atom stereocenters. The Morgan fingerprint density at radius 1 is 1.43 bits per heavy atom.